The van der Waals surface area contributed by atoms with Gasteiger partial charge in [0.05, 0.1) is 30.1 Å². The van der Waals surface area contributed by atoms with E-state index in [2.05, 4.69) is 9.97 Å². The van der Waals surface area contributed by atoms with Crippen LogP contribution in [0, 0.1) is 6.92 Å². The Hall–Kier alpha value is -1.52. The highest BCUT2D eigenvalue weighted by Gasteiger charge is 2.10. The van der Waals surface area contributed by atoms with E-state index in [0.717, 1.165) is 22.6 Å². The molecule has 0 bridgehead atoms. The zero-order valence-corrected chi connectivity index (χ0v) is 11.2. The number of aryl methyl sites for hydroxylation is 1. The Morgan fingerprint density at radius 1 is 1.44 bits per heavy atom. The van der Waals surface area contributed by atoms with Crippen LogP contribution in [0.15, 0.2) is 18.3 Å². The van der Waals surface area contributed by atoms with Crippen LogP contribution >= 0.6 is 11.6 Å². The Bertz CT molecular complexity index is 551. The van der Waals surface area contributed by atoms with Crippen molar-refractivity contribution in [1.29, 1.82) is 0 Å². The lowest BCUT2D eigenvalue weighted by molar-refractivity contribution is 0.340. The summed E-state index contributed by atoms with van der Waals surface area (Å²) in [4.78, 5) is 7.35. The van der Waals surface area contributed by atoms with E-state index in [0.29, 0.717) is 23.9 Å². The van der Waals surface area contributed by atoms with Crippen molar-refractivity contribution >= 4 is 11.6 Å². The van der Waals surface area contributed by atoms with Gasteiger partial charge >= 0.3 is 0 Å². The third-order valence-corrected chi connectivity index (χ3v) is 2.99. The van der Waals surface area contributed by atoms with Crippen molar-refractivity contribution in [2.24, 2.45) is 5.73 Å². The summed E-state index contributed by atoms with van der Waals surface area (Å²) in [6.07, 6.45) is 1.77. The smallest absolute Gasteiger partial charge is 0.138 e. The van der Waals surface area contributed by atoms with Gasteiger partial charge in [-0.2, -0.15) is 0 Å². The van der Waals surface area contributed by atoms with E-state index < -0.39 is 0 Å². The summed E-state index contributed by atoms with van der Waals surface area (Å²) < 4.78 is 5.46. The van der Waals surface area contributed by atoms with E-state index in [-0.39, 0.29) is 0 Å². The van der Waals surface area contributed by atoms with Crippen molar-refractivity contribution in [3.63, 3.8) is 0 Å². The number of nitrogens with zero attached hydrogens (tertiary/aromatic N) is 1. The molecule has 0 saturated heterocycles. The van der Waals surface area contributed by atoms with Gasteiger partial charge in [0.15, 0.2) is 0 Å². The van der Waals surface area contributed by atoms with Crippen molar-refractivity contribution in [3.05, 3.63) is 34.7 Å². The molecule has 0 aliphatic rings. The lowest BCUT2D eigenvalue weighted by Crippen LogP contribution is -1.98. The van der Waals surface area contributed by atoms with E-state index in [9.17, 15) is 0 Å². The number of imidazole rings is 1. The molecule has 0 amide bonds. The fourth-order valence-electron chi connectivity index (χ4n) is 1.81. The topological polar surface area (TPSA) is 63.9 Å². The summed E-state index contributed by atoms with van der Waals surface area (Å²) >= 11 is 6.19. The number of hydrogen-bond acceptors (Lipinski definition) is 3. The third kappa shape index (κ3) is 2.49. The SMILES string of the molecule is CCOc1cc(C)c(-c2cnc(CN)[nH]2)cc1Cl. The summed E-state index contributed by atoms with van der Waals surface area (Å²) in [5.41, 5.74) is 8.54. The predicted molar refractivity (Wildman–Crippen MR) is 72.8 cm³/mol. The second-order valence-corrected chi connectivity index (χ2v) is 4.39. The van der Waals surface area contributed by atoms with Crippen LogP contribution in [0.4, 0.5) is 0 Å². The molecule has 0 fully saturated rings. The van der Waals surface area contributed by atoms with Gasteiger partial charge in [0.1, 0.15) is 11.6 Å². The van der Waals surface area contributed by atoms with Crippen LogP contribution in [-0.4, -0.2) is 16.6 Å². The van der Waals surface area contributed by atoms with Gasteiger partial charge in [-0.15, -0.1) is 0 Å². The molecule has 0 atom stereocenters. The normalized spacial score (nSPS) is 10.7. The fraction of sp³-hybridized carbons (Fsp3) is 0.308. The van der Waals surface area contributed by atoms with Gasteiger partial charge in [-0.1, -0.05) is 11.6 Å². The van der Waals surface area contributed by atoms with Crippen LogP contribution in [0.1, 0.15) is 18.3 Å². The molecule has 0 saturated carbocycles. The first-order valence-electron chi connectivity index (χ1n) is 5.83. The molecule has 1 aromatic carbocycles. The second kappa shape index (κ2) is 5.42. The Balaban J connectivity index is 2.42. The number of halogens is 1. The van der Waals surface area contributed by atoms with Gasteiger partial charge in [-0.25, -0.2) is 4.98 Å². The molecular formula is C13H16ClN3O. The first-order chi connectivity index (χ1) is 8.65. The number of benzene rings is 1. The minimum atomic E-state index is 0.393. The van der Waals surface area contributed by atoms with Crippen molar-refractivity contribution in [1.82, 2.24) is 9.97 Å². The van der Waals surface area contributed by atoms with E-state index in [1.54, 1.807) is 6.20 Å². The molecule has 0 aliphatic heterocycles. The van der Waals surface area contributed by atoms with Crippen LogP contribution in [0.5, 0.6) is 5.75 Å². The molecule has 18 heavy (non-hydrogen) atoms. The molecule has 5 heteroatoms. The van der Waals surface area contributed by atoms with Crippen LogP contribution in [0.25, 0.3) is 11.3 Å². The minimum absolute atomic E-state index is 0.393. The summed E-state index contributed by atoms with van der Waals surface area (Å²) in [7, 11) is 0. The summed E-state index contributed by atoms with van der Waals surface area (Å²) in [6, 6.07) is 3.82. The van der Waals surface area contributed by atoms with E-state index in [1.165, 1.54) is 0 Å². The quantitative estimate of drug-likeness (QED) is 0.893. The van der Waals surface area contributed by atoms with E-state index in [4.69, 9.17) is 22.1 Å². The zero-order chi connectivity index (χ0) is 13.1. The molecule has 0 radical (unpaired) electrons. The molecule has 2 aromatic rings. The maximum absolute atomic E-state index is 6.19. The lowest BCUT2D eigenvalue weighted by atomic mass is 10.1. The first kappa shape index (κ1) is 12.9. The van der Waals surface area contributed by atoms with Crippen LogP contribution in [0.3, 0.4) is 0 Å². The van der Waals surface area contributed by atoms with Crippen LogP contribution < -0.4 is 10.5 Å². The average molecular weight is 266 g/mol. The molecule has 1 aromatic heterocycles. The van der Waals surface area contributed by atoms with E-state index in [1.807, 2.05) is 26.0 Å². The number of aromatic amines is 1. The predicted octanol–water partition coefficient (Wildman–Crippen LogP) is 2.90. The Kier molecular flexibility index (Phi) is 3.89. The Morgan fingerprint density at radius 2 is 2.22 bits per heavy atom. The van der Waals surface area contributed by atoms with E-state index >= 15 is 0 Å². The molecule has 3 N–H and O–H groups in total. The molecule has 2 rings (SSSR count). The number of ether oxygens (including phenoxy) is 1. The number of nitrogens with one attached hydrogen (secondary N) is 1. The average Bonchev–Trinajstić information content (AvgIpc) is 2.82. The number of hydrogen-bond donors (Lipinski definition) is 2. The minimum Gasteiger partial charge on any atom is -0.492 e. The van der Waals surface area contributed by atoms with Crippen LogP contribution in [0.2, 0.25) is 5.02 Å². The van der Waals surface area contributed by atoms with Crippen molar-refractivity contribution in [3.8, 4) is 17.0 Å². The molecule has 0 spiro atoms. The third-order valence-electron chi connectivity index (χ3n) is 2.69. The highest BCUT2D eigenvalue weighted by molar-refractivity contribution is 6.32. The maximum atomic E-state index is 6.19. The van der Waals surface area contributed by atoms with Gasteiger partial charge < -0.3 is 15.5 Å². The van der Waals surface area contributed by atoms with Gasteiger partial charge in [-0.05, 0) is 31.5 Å². The summed E-state index contributed by atoms with van der Waals surface area (Å²) in [6.45, 7) is 4.93. The fourth-order valence-corrected chi connectivity index (χ4v) is 2.03. The van der Waals surface area contributed by atoms with Crippen molar-refractivity contribution in [2.75, 3.05) is 6.61 Å². The largest absolute Gasteiger partial charge is 0.492 e. The summed E-state index contributed by atoms with van der Waals surface area (Å²) in [5, 5.41) is 0.598. The number of aromatic nitrogens is 2. The van der Waals surface area contributed by atoms with Gasteiger partial charge in [0.2, 0.25) is 0 Å². The molecule has 1 heterocycles. The number of rotatable bonds is 4. The summed E-state index contributed by atoms with van der Waals surface area (Å²) in [5.74, 6) is 1.47. The lowest BCUT2D eigenvalue weighted by Gasteiger charge is -2.10. The Morgan fingerprint density at radius 3 is 2.83 bits per heavy atom. The van der Waals surface area contributed by atoms with Crippen molar-refractivity contribution < 1.29 is 4.74 Å². The monoisotopic (exact) mass is 265 g/mol. The van der Waals surface area contributed by atoms with Crippen LogP contribution in [-0.2, 0) is 6.54 Å². The molecular weight excluding hydrogens is 250 g/mol. The van der Waals surface area contributed by atoms with Gasteiger partial charge in [0, 0.05) is 5.56 Å². The second-order valence-electron chi connectivity index (χ2n) is 3.98. The molecule has 4 nitrogen and oxygen atoms in total. The first-order valence-corrected chi connectivity index (χ1v) is 6.20. The van der Waals surface area contributed by atoms with Gasteiger partial charge in [-0.3, -0.25) is 0 Å². The molecule has 0 aliphatic carbocycles. The van der Waals surface area contributed by atoms with Gasteiger partial charge in [0.25, 0.3) is 0 Å². The molecule has 0 unspecified atom stereocenters. The zero-order valence-electron chi connectivity index (χ0n) is 10.5. The Labute approximate surface area is 111 Å². The maximum Gasteiger partial charge on any atom is 0.138 e. The number of H-pyrrole nitrogens is 1. The molecule has 96 valence electrons. The van der Waals surface area contributed by atoms with Crippen molar-refractivity contribution in [2.45, 2.75) is 20.4 Å². The highest BCUT2D eigenvalue weighted by atomic mass is 35.5. The number of nitrogens with two attached hydrogens (primary N) is 1. The standard InChI is InChI=1S/C13H16ClN3O/c1-3-18-12-4-8(2)9(5-10(12)14)11-7-16-13(6-15)17-11/h4-5,7H,3,6,15H2,1-2H3,(H,16,17). The highest BCUT2D eigenvalue weighted by Crippen LogP contribution is 2.32.